The van der Waals surface area contributed by atoms with Gasteiger partial charge in [0.2, 0.25) is 0 Å². The smallest absolute Gasteiger partial charge is 0.305 e. The number of hydrogen-bond donors (Lipinski definition) is 1. The van der Waals surface area contributed by atoms with Crippen molar-refractivity contribution in [2.75, 3.05) is 0 Å². The Bertz CT molecular complexity index is 672. The summed E-state index contributed by atoms with van der Waals surface area (Å²) in [5, 5.41) is 1.02. The highest BCUT2D eigenvalue weighted by Crippen LogP contribution is 2.46. The average molecular weight is 336 g/mol. The molecule has 0 spiro atoms. The molecular weight excluding hydrogens is 310 g/mol. The molecule has 0 bridgehead atoms. The molecule has 2 rings (SSSR count). The van der Waals surface area contributed by atoms with Crippen molar-refractivity contribution in [2.24, 2.45) is 5.41 Å². The molecule has 0 saturated heterocycles. The van der Waals surface area contributed by atoms with E-state index in [4.69, 9.17) is 0 Å². The Labute approximate surface area is 141 Å². The quantitative estimate of drug-likeness (QED) is 0.751. The fraction of sp³-hybridized carbons (Fsp3) is 0.500. The Morgan fingerprint density at radius 2 is 1.64 bits per heavy atom. The molecule has 0 aliphatic heterocycles. The van der Waals surface area contributed by atoms with Crippen molar-refractivity contribution in [1.82, 2.24) is 4.98 Å². The summed E-state index contributed by atoms with van der Waals surface area (Å²) in [6.07, 6.45) is 0. The fourth-order valence-corrected chi connectivity index (χ4v) is 4.98. The van der Waals surface area contributed by atoms with Gasteiger partial charge in [0.1, 0.15) is 0 Å². The van der Waals surface area contributed by atoms with Gasteiger partial charge in [-0.25, -0.2) is 0 Å². The van der Waals surface area contributed by atoms with E-state index in [0.717, 1.165) is 9.90 Å². The highest BCUT2D eigenvalue weighted by atomic mass is 32.2. The molecule has 1 aromatic carbocycles. The second-order valence-corrected chi connectivity index (χ2v) is 10.5. The van der Waals surface area contributed by atoms with Gasteiger partial charge in [0.05, 0.1) is 5.03 Å². The van der Waals surface area contributed by atoms with Crippen molar-refractivity contribution in [1.29, 1.82) is 0 Å². The van der Waals surface area contributed by atoms with Gasteiger partial charge in [-0.05, 0) is 11.0 Å². The Balaban J connectivity index is 2.57. The molecule has 2 nitrogen and oxygen atoms in total. The first-order valence-corrected chi connectivity index (χ1v) is 9.18. The lowest BCUT2D eigenvalue weighted by molar-refractivity contribution is 0.359. The van der Waals surface area contributed by atoms with E-state index in [9.17, 15) is 4.79 Å². The van der Waals surface area contributed by atoms with Gasteiger partial charge in [-0.2, -0.15) is 0 Å². The third-order valence-electron chi connectivity index (χ3n) is 3.31. The van der Waals surface area contributed by atoms with Gasteiger partial charge >= 0.3 is 4.87 Å². The number of aromatic amines is 1. The van der Waals surface area contributed by atoms with E-state index in [1.807, 2.05) is 6.07 Å². The van der Waals surface area contributed by atoms with Gasteiger partial charge in [0.15, 0.2) is 0 Å². The third kappa shape index (κ3) is 4.26. The van der Waals surface area contributed by atoms with Crippen LogP contribution in [0.3, 0.4) is 0 Å². The van der Waals surface area contributed by atoms with E-state index >= 15 is 0 Å². The van der Waals surface area contributed by atoms with Crippen LogP contribution < -0.4 is 4.87 Å². The van der Waals surface area contributed by atoms with Gasteiger partial charge < -0.3 is 4.98 Å². The van der Waals surface area contributed by atoms with Crippen molar-refractivity contribution in [3.05, 3.63) is 50.4 Å². The lowest BCUT2D eigenvalue weighted by atomic mass is 9.76. The first-order chi connectivity index (χ1) is 10.1. The molecule has 0 aliphatic carbocycles. The molecule has 1 aromatic heterocycles. The highest BCUT2D eigenvalue weighted by Gasteiger charge is 2.32. The summed E-state index contributed by atoms with van der Waals surface area (Å²) >= 11 is 3.10. The van der Waals surface area contributed by atoms with Crippen LogP contribution in [0.5, 0.6) is 0 Å². The molecule has 120 valence electrons. The molecule has 0 unspecified atom stereocenters. The summed E-state index contributed by atoms with van der Waals surface area (Å²) in [6, 6.07) is 10.5. The van der Waals surface area contributed by atoms with Crippen LogP contribution in [0.15, 0.2) is 40.2 Å². The number of nitrogens with one attached hydrogen (secondary N) is 1. The summed E-state index contributed by atoms with van der Waals surface area (Å²) in [5.74, 6) is 0.211. The first-order valence-electron chi connectivity index (χ1n) is 7.55. The highest BCUT2D eigenvalue weighted by molar-refractivity contribution is 8.00. The van der Waals surface area contributed by atoms with Crippen LogP contribution in [-0.4, -0.2) is 9.73 Å². The Kier molecular flexibility index (Phi) is 4.93. The zero-order valence-electron chi connectivity index (χ0n) is 14.2. The molecule has 2 aromatic rings. The standard InChI is InChI=1S/C18H25NOS2/c1-17(2,3)13(12-10-8-7-9-11-12)14-15(19-16(20)21-14)22-18(4,5)6/h7-11,13H,1-6H3,(H,19,20)/t13-/m0/s1. The van der Waals surface area contributed by atoms with E-state index in [1.54, 1.807) is 11.8 Å². The van der Waals surface area contributed by atoms with Crippen molar-refractivity contribution in [2.45, 2.75) is 57.2 Å². The van der Waals surface area contributed by atoms with Crippen molar-refractivity contribution in [3.63, 3.8) is 0 Å². The second kappa shape index (κ2) is 6.25. The van der Waals surface area contributed by atoms with Gasteiger partial charge in [-0.1, -0.05) is 83.2 Å². The summed E-state index contributed by atoms with van der Waals surface area (Å²) in [7, 11) is 0. The number of benzene rings is 1. The van der Waals surface area contributed by atoms with Crippen LogP contribution in [-0.2, 0) is 0 Å². The van der Waals surface area contributed by atoms with Crippen LogP contribution in [0.1, 0.15) is 57.9 Å². The summed E-state index contributed by atoms with van der Waals surface area (Å²) in [4.78, 5) is 16.2. The van der Waals surface area contributed by atoms with E-state index in [-0.39, 0.29) is 21.0 Å². The van der Waals surface area contributed by atoms with Crippen molar-refractivity contribution < 1.29 is 0 Å². The zero-order chi connectivity index (χ0) is 16.5. The first kappa shape index (κ1) is 17.4. The number of H-pyrrole nitrogens is 1. The molecule has 22 heavy (non-hydrogen) atoms. The SMILES string of the molecule is CC(C)(C)Sc1[nH]c(=O)sc1[C@H](c1ccccc1)C(C)(C)C. The average Bonchev–Trinajstić information content (AvgIpc) is 2.67. The van der Waals surface area contributed by atoms with E-state index in [2.05, 4.69) is 70.8 Å². The summed E-state index contributed by atoms with van der Waals surface area (Å²) in [5.41, 5.74) is 1.31. The fourth-order valence-electron chi connectivity index (χ4n) is 2.59. The molecular formula is C18H25NOS2. The Hall–Kier alpha value is -1.00. The van der Waals surface area contributed by atoms with Crippen LogP contribution in [0.25, 0.3) is 0 Å². The Morgan fingerprint density at radius 3 is 2.14 bits per heavy atom. The maximum atomic E-state index is 12.0. The van der Waals surface area contributed by atoms with Gasteiger partial charge in [-0.15, -0.1) is 11.8 Å². The number of thioether (sulfide) groups is 1. The number of thiazole rings is 1. The second-order valence-electron chi connectivity index (χ2n) is 7.63. The molecule has 0 fully saturated rings. The molecule has 4 heteroatoms. The minimum Gasteiger partial charge on any atom is -0.307 e. The maximum Gasteiger partial charge on any atom is 0.305 e. The molecule has 1 atom stereocenters. The molecule has 0 radical (unpaired) electrons. The Morgan fingerprint density at radius 1 is 1.05 bits per heavy atom. The molecule has 0 aliphatic rings. The van der Waals surface area contributed by atoms with E-state index in [0.29, 0.717) is 0 Å². The maximum absolute atomic E-state index is 12.0. The largest absolute Gasteiger partial charge is 0.307 e. The molecule has 1 N–H and O–H groups in total. The minimum absolute atomic E-state index is 0.0342. The molecule has 1 heterocycles. The normalized spacial score (nSPS) is 14.1. The van der Waals surface area contributed by atoms with Crippen LogP contribution in [0, 0.1) is 5.41 Å². The lowest BCUT2D eigenvalue weighted by Gasteiger charge is -2.31. The van der Waals surface area contributed by atoms with Crippen LogP contribution in [0.4, 0.5) is 0 Å². The molecule has 0 saturated carbocycles. The van der Waals surface area contributed by atoms with Crippen molar-refractivity contribution in [3.8, 4) is 0 Å². The zero-order valence-corrected chi connectivity index (χ0v) is 15.8. The number of rotatable bonds is 3. The minimum atomic E-state index is 0.0342. The third-order valence-corrected chi connectivity index (χ3v) is 5.53. The van der Waals surface area contributed by atoms with Crippen molar-refractivity contribution >= 4 is 23.1 Å². The van der Waals surface area contributed by atoms with Crippen LogP contribution >= 0.6 is 23.1 Å². The van der Waals surface area contributed by atoms with Crippen LogP contribution in [0.2, 0.25) is 0 Å². The summed E-state index contributed by atoms with van der Waals surface area (Å²) < 4.78 is 0.0673. The van der Waals surface area contributed by atoms with Gasteiger partial charge in [0, 0.05) is 15.5 Å². The lowest BCUT2D eigenvalue weighted by Crippen LogP contribution is -2.20. The summed E-state index contributed by atoms with van der Waals surface area (Å²) in [6.45, 7) is 13.2. The van der Waals surface area contributed by atoms with Gasteiger partial charge in [-0.3, -0.25) is 4.79 Å². The van der Waals surface area contributed by atoms with E-state index < -0.39 is 0 Å². The topological polar surface area (TPSA) is 32.9 Å². The number of hydrogen-bond acceptors (Lipinski definition) is 3. The van der Waals surface area contributed by atoms with E-state index in [1.165, 1.54) is 16.9 Å². The number of aromatic nitrogens is 1. The predicted molar refractivity (Wildman–Crippen MR) is 98.3 cm³/mol. The predicted octanol–water partition coefficient (Wildman–Crippen LogP) is 5.51. The molecule has 0 amide bonds. The monoisotopic (exact) mass is 335 g/mol. The van der Waals surface area contributed by atoms with Gasteiger partial charge in [0.25, 0.3) is 0 Å².